The Kier molecular flexibility index (Phi) is 5.65. The first kappa shape index (κ1) is 13.7. The summed E-state index contributed by atoms with van der Waals surface area (Å²) in [6.07, 6.45) is 0. The first-order valence-corrected chi connectivity index (χ1v) is 5.79. The molecule has 1 aromatic rings. The highest BCUT2D eigenvalue weighted by atomic mass is 16.5. The van der Waals surface area contributed by atoms with Crippen molar-refractivity contribution in [3.8, 4) is 0 Å². The lowest BCUT2D eigenvalue weighted by molar-refractivity contribution is 0.0685. The molecule has 1 aromatic heterocycles. The lowest BCUT2D eigenvalue weighted by Gasteiger charge is -2.17. The van der Waals surface area contributed by atoms with E-state index in [1.165, 1.54) is 6.07 Å². The van der Waals surface area contributed by atoms with Gasteiger partial charge in [0.2, 0.25) is 0 Å². The minimum atomic E-state index is -1.07. The third kappa shape index (κ3) is 4.54. The van der Waals surface area contributed by atoms with Crippen LogP contribution in [0.3, 0.4) is 0 Å². The predicted octanol–water partition coefficient (Wildman–Crippen LogP) is 0.804. The molecular weight excluding hydrogens is 222 g/mol. The van der Waals surface area contributed by atoms with Crippen LogP contribution in [0.2, 0.25) is 0 Å². The second kappa shape index (κ2) is 7.03. The molecule has 96 valence electrons. The highest BCUT2D eigenvalue weighted by Crippen LogP contribution is 2.02. The van der Waals surface area contributed by atoms with Crippen molar-refractivity contribution in [3.05, 3.63) is 17.5 Å². The number of hydrogen-bond donors (Lipinski definition) is 2. The van der Waals surface area contributed by atoms with Crippen molar-refractivity contribution in [1.29, 1.82) is 0 Å². The predicted molar refractivity (Wildman–Crippen MR) is 63.0 cm³/mol. The van der Waals surface area contributed by atoms with E-state index in [0.717, 1.165) is 26.2 Å². The van der Waals surface area contributed by atoms with Gasteiger partial charge in [0.15, 0.2) is 11.5 Å². The van der Waals surface area contributed by atoms with Gasteiger partial charge in [-0.2, -0.15) is 0 Å². The first-order valence-electron chi connectivity index (χ1n) is 5.79. The third-order valence-electron chi connectivity index (χ3n) is 2.58. The van der Waals surface area contributed by atoms with Crippen molar-refractivity contribution in [2.75, 3.05) is 26.2 Å². The monoisotopic (exact) mass is 241 g/mol. The fourth-order valence-electron chi connectivity index (χ4n) is 1.49. The Morgan fingerprint density at radius 1 is 1.53 bits per heavy atom. The summed E-state index contributed by atoms with van der Waals surface area (Å²) in [5.41, 5.74) is -0.0504. The van der Waals surface area contributed by atoms with Gasteiger partial charge in [-0.15, -0.1) is 0 Å². The maximum absolute atomic E-state index is 10.6. The molecule has 2 N–H and O–H groups in total. The molecule has 0 radical (unpaired) electrons. The zero-order valence-electron chi connectivity index (χ0n) is 10.3. The zero-order chi connectivity index (χ0) is 12.7. The Balaban J connectivity index is 2.24. The summed E-state index contributed by atoms with van der Waals surface area (Å²) >= 11 is 0. The fraction of sp³-hybridized carbons (Fsp3) is 0.636. The van der Waals surface area contributed by atoms with E-state index in [2.05, 4.69) is 29.2 Å². The summed E-state index contributed by atoms with van der Waals surface area (Å²) in [7, 11) is 0. The summed E-state index contributed by atoms with van der Waals surface area (Å²) in [4.78, 5) is 12.9. The summed E-state index contributed by atoms with van der Waals surface area (Å²) in [6, 6.07) is 1.44. The van der Waals surface area contributed by atoms with E-state index < -0.39 is 5.97 Å². The highest BCUT2D eigenvalue weighted by Gasteiger charge is 2.09. The van der Waals surface area contributed by atoms with Crippen molar-refractivity contribution in [3.63, 3.8) is 0 Å². The summed E-state index contributed by atoms with van der Waals surface area (Å²) in [5, 5.41) is 15.3. The molecule has 1 heterocycles. The SMILES string of the molecule is CCN(CC)CCNCc1cc(C(=O)O)no1. The average molecular weight is 241 g/mol. The maximum atomic E-state index is 10.6. The molecule has 17 heavy (non-hydrogen) atoms. The molecule has 0 bridgehead atoms. The van der Waals surface area contributed by atoms with Crippen LogP contribution in [0.1, 0.15) is 30.1 Å². The van der Waals surface area contributed by atoms with Crippen LogP contribution < -0.4 is 5.32 Å². The van der Waals surface area contributed by atoms with Crippen LogP contribution in [0.15, 0.2) is 10.6 Å². The van der Waals surface area contributed by atoms with Gasteiger partial charge >= 0.3 is 5.97 Å². The van der Waals surface area contributed by atoms with Gasteiger partial charge in [-0.05, 0) is 13.1 Å². The van der Waals surface area contributed by atoms with Crippen molar-refractivity contribution >= 4 is 5.97 Å². The van der Waals surface area contributed by atoms with Gasteiger partial charge in [-0.1, -0.05) is 19.0 Å². The second-order valence-corrected chi connectivity index (χ2v) is 3.69. The van der Waals surface area contributed by atoms with Gasteiger partial charge in [-0.25, -0.2) is 4.79 Å². The molecule has 0 aliphatic carbocycles. The molecule has 0 aromatic carbocycles. The molecule has 1 rings (SSSR count). The number of hydrogen-bond acceptors (Lipinski definition) is 5. The number of carboxylic acid groups (broad SMARTS) is 1. The summed E-state index contributed by atoms with van der Waals surface area (Å²) < 4.78 is 4.88. The quantitative estimate of drug-likeness (QED) is 0.656. The Morgan fingerprint density at radius 3 is 2.76 bits per heavy atom. The number of carbonyl (C=O) groups is 1. The van der Waals surface area contributed by atoms with E-state index >= 15 is 0 Å². The summed E-state index contributed by atoms with van der Waals surface area (Å²) in [5.74, 6) is -0.523. The lowest BCUT2D eigenvalue weighted by Crippen LogP contribution is -2.31. The number of carboxylic acids is 1. The van der Waals surface area contributed by atoms with Crippen LogP contribution in [-0.4, -0.2) is 47.3 Å². The Morgan fingerprint density at radius 2 is 2.24 bits per heavy atom. The molecule has 0 atom stereocenters. The van der Waals surface area contributed by atoms with Crippen LogP contribution in [0.25, 0.3) is 0 Å². The van der Waals surface area contributed by atoms with Crippen LogP contribution >= 0.6 is 0 Å². The van der Waals surface area contributed by atoms with Gasteiger partial charge in [0.05, 0.1) is 6.54 Å². The van der Waals surface area contributed by atoms with Crippen LogP contribution in [0, 0.1) is 0 Å². The maximum Gasteiger partial charge on any atom is 0.358 e. The summed E-state index contributed by atoms with van der Waals surface area (Å²) in [6.45, 7) is 8.62. The third-order valence-corrected chi connectivity index (χ3v) is 2.58. The van der Waals surface area contributed by atoms with E-state index in [-0.39, 0.29) is 5.69 Å². The van der Waals surface area contributed by atoms with E-state index in [9.17, 15) is 4.79 Å². The van der Waals surface area contributed by atoms with E-state index in [4.69, 9.17) is 9.63 Å². The molecule has 0 saturated carbocycles. The lowest BCUT2D eigenvalue weighted by atomic mass is 10.3. The highest BCUT2D eigenvalue weighted by molar-refractivity contribution is 5.85. The molecule has 0 spiro atoms. The number of aromatic carboxylic acids is 1. The van der Waals surface area contributed by atoms with Crippen molar-refractivity contribution in [2.45, 2.75) is 20.4 Å². The molecular formula is C11H19N3O3. The number of likely N-dealkylation sites (N-methyl/N-ethyl adjacent to an activating group) is 1. The fourth-order valence-corrected chi connectivity index (χ4v) is 1.49. The first-order chi connectivity index (χ1) is 8.17. The Labute approximate surface area is 101 Å². The van der Waals surface area contributed by atoms with E-state index in [1.54, 1.807) is 0 Å². The van der Waals surface area contributed by atoms with Gasteiger partial charge < -0.3 is 19.8 Å². The van der Waals surface area contributed by atoms with Crippen molar-refractivity contribution in [1.82, 2.24) is 15.4 Å². The molecule has 6 heteroatoms. The van der Waals surface area contributed by atoms with Crippen LogP contribution in [-0.2, 0) is 6.54 Å². The minimum absolute atomic E-state index is 0.0504. The van der Waals surface area contributed by atoms with E-state index in [1.807, 2.05) is 0 Å². The molecule has 0 aliphatic heterocycles. The van der Waals surface area contributed by atoms with Crippen molar-refractivity contribution in [2.24, 2.45) is 0 Å². The van der Waals surface area contributed by atoms with Gasteiger partial charge in [0.1, 0.15) is 0 Å². The second-order valence-electron chi connectivity index (χ2n) is 3.69. The molecule has 0 unspecified atom stereocenters. The molecule has 0 aliphatic rings. The largest absolute Gasteiger partial charge is 0.476 e. The van der Waals surface area contributed by atoms with Crippen LogP contribution in [0.5, 0.6) is 0 Å². The zero-order valence-corrected chi connectivity index (χ0v) is 10.3. The smallest absolute Gasteiger partial charge is 0.358 e. The van der Waals surface area contributed by atoms with Gasteiger partial charge in [-0.3, -0.25) is 0 Å². The minimum Gasteiger partial charge on any atom is -0.476 e. The molecule has 6 nitrogen and oxygen atoms in total. The van der Waals surface area contributed by atoms with Gasteiger partial charge in [0.25, 0.3) is 0 Å². The topological polar surface area (TPSA) is 78.6 Å². The number of rotatable bonds is 8. The molecule has 0 amide bonds. The molecule has 0 saturated heterocycles. The number of nitrogens with zero attached hydrogens (tertiary/aromatic N) is 2. The molecule has 0 fully saturated rings. The number of aromatic nitrogens is 1. The van der Waals surface area contributed by atoms with Gasteiger partial charge in [0, 0.05) is 19.2 Å². The van der Waals surface area contributed by atoms with Crippen molar-refractivity contribution < 1.29 is 14.4 Å². The average Bonchev–Trinajstić information content (AvgIpc) is 2.78. The van der Waals surface area contributed by atoms with E-state index in [0.29, 0.717) is 12.3 Å². The normalized spacial score (nSPS) is 11.0. The Bertz CT molecular complexity index is 347. The Hall–Kier alpha value is -1.40. The van der Waals surface area contributed by atoms with Crippen LogP contribution in [0.4, 0.5) is 0 Å². The number of nitrogens with one attached hydrogen (secondary N) is 1. The standard InChI is InChI=1S/C11H19N3O3/c1-3-14(4-2)6-5-12-8-9-7-10(11(15)16)13-17-9/h7,12H,3-6,8H2,1-2H3,(H,15,16).